The zero-order valence-electron chi connectivity index (χ0n) is 16.9. The number of amides is 1. The van der Waals surface area contributed by atoms with Crippen molar-refractivity contribution < 1.29 is 4.79 Å². The number of carbonyl (C=O) groups excluding carboxylic acids is 1. The summed E-state index contributed by atoms with van der Waals surface area (Å²) in [6.07, 6.45) is 7.66. The first-order valence-corrected chi connectivity index (χ1v) is 13.3. The molecule has 2 aliphatic carbocycles. The SMILES string of the molecule is CCC1CCc2nc(NC(=O)CSCc3nc4sc5c(c4c(=O)[nH]3)CCC5)sc2C1. The predicted octanol–water partition coefficient (Wildman–Crippen LogP) is 4.32. The molecule has 0 spiro atoms. The predicted molar refractivity (Wildman–Crippen MR) is 125 cm³/mol. The van der Waals surface area contributed by atoms with Crippen molar-refractivity contribution in [2.45, 2.75) is 57.6 Å². The highest BCUT2D eigenvalue weighted by molar-refractivity contribution is 7.99. The number of rotatable bonds is 6. The summed E-state index contributed by atoms with van der Waals surface area (Å²) < 4.78 is 0. The van der Waals surface area contributed by atoms with Crippen LogP contribution in [0.2, 0.25) is 0 Å². The van der Waals surface area contributed by atoms with Gasteiger partial charge in [-0.2, -0.15) is 0 Å². The Bertz CT molecular complexity index is 1160. The van der Waals surface area contributed by atoms with Gasteiger partial charge in [-0.05, 0) is 50.0 Å². The smallest absolute Gasteiger partial charge is 0.259 e. The van der Waals surface area contributed by atoms with Gasteiger partial charge in [0.15, 0.2) is 5.13 Å². The van der Waals surface area contributed by atoms with Gasteiger partial charge in [-0.3, -0.25) is 9.59 Å². The highest BCUT2D eigenvalue weighted by Gasteiger charge is 2.23. The van der Waals surface area contributed by atoms with Crippen LogP contribution in [0.3, 0.4) is 0 Å². The maximum absolute atomic E-state index is 12.5. The average molecular weight is 461 g/mol. The summed E-state index contributed by atoms with van der Waals surface area (Å²) in [5.74, 6) is 2.14. The molecule has 0 saturated carbocycles. The fraction of sp³-hybridized carbons (Fsp3) is 0.524. The number of nitrogens with one attached hydrogen (secondary N) is 2. The van der Waals surface area contributed by atoms with Gasteiger partial charge < -0.3 is 10.3 Å². The van der Waals surface area contributed by atoms with Gasteiger partial charge in [0, 0.05) is 9.75 Å². The Morgan fingerprint density at radius 2 is 2.13 bits per heavy atom. The number of carbonyl (C=O) groups is 1. The number of aromatic nitrogens is 3. The summed E-state index contributed by atoms with van der Waals surface area (Å²) in [5.41, 5.74) is 2.31. The molecular weight excluding hydrogens is 436 g/mol. The molecule has 5 rings (SSSR count). The topological polar surface area (TPSA) is 87.7 Å². The number of thiophene rings is 1. The average Bonchev–Trinajstić information content (AvgIpc) is 3.40. The molecule has 3 aromatic rings. The van der Waals surface area contributed by atoms with E-state index in [-0.39, 0.29) is 11.5 Å². The van der Waals surface area contributed by atoms with Crippen molar-refractivity contribution in [3.05, 3.63) is 37.2 Å². The molecule has 1 amide bonds. The number of H-pyrrole nitrogens is 1. The molecule has 0 fully saturated rings. The Hall–Kier alpha value is -1.71. The number of aromatic amines is 1. The zero-order chi connectivity index (χ0) is 20.7. The summed E-state index contributed by atoms with van der Waals surface area (Å²) in [6, 6.07) is 0. The minimum atomic E-state index is -0.0586. The van der Waals surface area contributed by atoms with Crippen molar-refractivity contribution in [3.8, 4) is 0 Å². The van der Waals surface area contributed by atoms with Crippen molar-refractivity contribution in [2.75, 3.05) is 11.1 Å². The molecule has 2 N–H and O–H groups in total. The quantitative estimate of drug-likeness (QED) is 0.572. The van der Waals surface area contributed by atoms with Crippen LogP contribution in [0.25, 0.3) is 10.2 Å². The highest BCUT2D eigenvalue weighted by atomic mass is 32.2. The monoisotopic (exact) mass is 460 g/mol. The van der Waals surface area contributed by atoms with Crippen molar-refractivity contribution in [1.29, 1.82) is 0 Å². The molecule has 6 nitrogen and oxygen atoms in total. The first-order chi connectivity index (χ1) is 14.6. The van der Waals surface area contributed by atoms with Crippen LogP contribution in [0.15, 0.2) is 4.79 Å². The number of anilines is 1. The molecule has 0 aromatic carbocycles. The standard InChI is InChI=1S/C21H24N4O2S3/c1-2-11-6-7-13-15(8-11)30-21(22-13)25-17(26)10-28-9-16-23-19(27)18-12-4-3-5-14(12)29-20(18)24-16/h11H,2-10H2,1H3,(H,22,25,26)(H,23,24,27). The van der Waals surface area contributed by atoms with E-state index >= 15 is 0 Å². The minimum Gasteiger partial charge on any atom is -0.309 e. The van der Waals surface area contributed by atoms with Gasteiger partial charge in [0.25, 0.3) is 5.56 Å². The van der Waals surface area contributed by atoms with Gasteiger partial charge in [-0.1, -0.05) is 13.3 Å². The molecule has 0 bridgehead atoms. The van der Waals surface area contributed by atoms with E-state index in [1.54, 1.807) is 22.7 Å². The molecule has 0 aliphatic heterocycles. The Labute approximate surface area is 186 Å². The van der Waals surface area contributed by atoms with E-state index in [0.717, 1.165) is 53.9 Å². The van der Waals surface area contributed by atoms with E-state index in [1.165, 1.54) is 39.9 Å². The van der Waals surface area contributed by atoms with E-state index < -0.39 is 0 Å². The molecule has 2 aliphatic rings. The van der Waals surface area contributed by atoms with E-state index in [1.807, 2.05) is 0 Å². The van der Waals surface area contributed by atoms with Gasteiger partial charge in [-0.15, -0.1) is 34.4 Å². The van der Waals surface area contributed by atoms with Crippen LogP contribution in [0.4, 0.5) is 5.13 Å². The maximum Gasteiger partial charge on any atom is 0.259 e. The van der Waals surface area contributed by atoms with Crippen LogP contribution in [-0.2, 0) is 36.2 Å². The molecule has 3 heterocycles. The molecule has 1 atom stereocenters. The molecule has 9 heteroatoms. The Morgan fingerprint density at radius 3 is 3.00 bits per heavy atom. The van der Waals surface area contributed by atoms with Crippen molar-refractivity contribution in [1.82, 2.24) is 15.0 Å². The summed E-state index contributed by atoms with van der Waals surface area (Å²) in [5, 5.41) is 4.43. The second kappa shape index (κ2) is 8.43. The number of hydrogen-bond donors (Lipinski definition) is 2. The lowest BCUT2D eigenvalue weighted by Gasteiger charge is -2.18. The van der Waals surface area contributed by atoms with Crippen molar-refractivity contribution >= 4 is 55.7 Å². The number of hydrogen-bond acceptors (Lipinski definition) is 7. The van der Waals surface area contributed by atoms with Crippen LogP contribution >= 0.6 is 34.4 Å². The Balaban J connectivity index is 1.18. The van der Waals surface area contributed by atoms with Gasteiger partial charge in [0.2, 0.25) is 5.91 Å². The highest BCUT2D eigenvalue weighted by Crippen LogP contribution is 2.35. The molecule has 0 radical (unpaired) electrons. The van der Waals surface area contributed by atoms with E-state index in [2.05, 4.69) is 27.2 Å². The van der Waals surface area contributed by atoms with E-state index in [9.17, 15) is 9.59 Å². The molecule has 1 unspecified atom stereocenters. The van der Waals surface area contributed by atoms with Gasteiger partial charge in [0.05, 0.1) is 22.6 Å². The minimum absolute atomic E-state index is 0.0433. The molecule has 30 heavy (non-hydrogen) atoms. The fourth-order valence-corrected chi connectivity index (χ4v) is 7.47. The third-order valence-corrected chi connectivity index (χ3v) is 9.13. The lowest BCUT2D eigenvalue weighted by atomic mass is 9.89. The Morgan fingerprint density at radius 1 is 1.23 bits per heavy atom. The summed E-state index contributed by atoms with van der Waals surface area (Å²) in [4.78, 5) is 40.5. The third-order valence-electron chi connectivity index (χ3n) is 5.96. The number of fused-ring (bicyclic) bond motifs is 4. The maximum atomic E-state index is 12.5. The summed E-state index contributed by atoms with van der Waals surface area (Å²) in [7, 11) is 0. The largest absolute Gasteiger partial charge is 0.309 e. The lowest BCUT2D eigenvalue weighted by Crippen LogP contribution is -2.15. The third kappa shape index (κ3) is 3.94. The molecular formula is C21H24N4O2S3. The first-order valence-electron chi connectivity index (χ1n) is 10.5. The first kappa shape index (κ1) is 20.2. The lowest BCUT2D eigenvalue weighted by molar-refractivity contribution is -0.113. The normalized spacial score (nSPS) is 17.8. The zero-order valence-corrected chi connectivity index (χ0v) is 19.3. The molecule has 3 aromatic heterocycles. The van der Waals surface area contributed by atoms with E-state index in [0.29, 0.717) is 22.5 Å². The van der Waals surface area contributed by atoms with Crippen LogP contribution < -0.4 is 10.9 Å². The summed E-state index contributed by atoms with van der Waals surface area (Å²) in [6.45, 7) is 2.24. The van der Waals surface area contributed by atoms with Gasteiger partial charge >= 0.3 is 0 Å². The van der Waals surface area contributed by atoms with Crippen LogP contribution in [0.5, 0.6) is 0 Å². The Kier molecular flexibility index (Phi) is 5.68. The number of thiazole rings is 1. The molecule has 158 valence electrons. The second-order valence-electron chi connectivity index (χ2n) is 8.00. The molecule has 0 saturated heterocycles. The van der Waals surface area contributed by atoms with Crippen LogP contribution in [0.1, 0.15) is 53.0 Å². The number of aryl methyl sites for hydroxylation is 3. The number of thioether (sulfide) groups is 1. The van der Waals surface area contributed by atoms with E-state index in [4.69, 9.17) is 0 Å². The van der Waals surface area contributed by atoms with Crippen LogP contribution in [-0.4, -0.2) is 26.6 Å². The van der Waals surface area contributed by atoms with Crippen molar-refractivity contribution in [2.24, 2.45) is 5.92 Å². The van der Waals surface area contributed by atoms with Crippen molar-refractivity contribution in [3.63, 3.8) is 0 Å². The van der Waals surface area contributed by atoms with Gasteiger partial charge in [0.1, 0.15) is 10.7 Å². The second-order valence-corrected chi connectivity index (χ2v) is 11.1. The van der Waals surface area contributed by atoms with Crippen LogP contribution in [0, 0.1) is 5.92 Å². The fourth-order valence-electron chi connectivity index (χ4n) is 4.36. The summed E-state index contributed by atoms with van der Waals surface area (Å²) >= 11 is 4.72. The van der Waals surface area contributed by atoms with Gasteiger partial charge in [-0.25, -0.2) is 9.97 Å². The number of nitrogens with zero attached hydrogens (tertiary/aromatic N) is 2.